The molecule has 114 valence electrons. The number of nitrogens with one attached hydrogen (secondary N) is 1. The zero-order valence-electron chi connectivity index (χ0n) is 13.2. The maximum Gasteiger partial charge on any atom is 0.129 e. The van der Waals surface area contributed by atoms with E-state index < -0.39 is 0 Å². The molecule has 0 fully saturated rings. The van der Waals surface area contributed by atoms with Gasteiger partial charge in [0.1, 0.15) is 5.82 Å². The van der Waals surface area contributed by atoms with Gasteiger partial charge in [-0.25, -0.2) is 4.98 Å². The molecule has 0 atom stereocenters. The summed E-state index contributed by atoms with van der Waals surface area (Å²) in [6.45, 7) is 10.4. The Balaban J connectivity index is 2.00. The molecule has 0 saturated heterocycles. The minimum absolute atomic E-state index is 0.666. The topological polar surface area (TPSA) is 28.2 Å². The second-order valence-electron chi connectivity index (χ2n) is 5.61. The number of nitrogens with zero attached hydrogens (tertiary/aromatic N) is 2. The summed E-state index contributed by atoms with van der Waals surface area (Å²) in [4.78, 5) is 8.48. The Morgan fingerprint density at radius 1 is 1.24 bits per heavy atom. The number of thiophene rings is 1. The molecule has 2 rings (SSSR count). The highest BCUT2D eigenvalue weighted by molar-refractivity contribution is 7.09. The number of pyridine rings is 1. The zero-order valence-corrected chi connectivity index (χ0v) is 14.0. The van der Waals surface area contributed by atoms with Gasteiger partial charge in [-0.2, -0.15) is 0 Å². The maximum atomic E-state index is 4.79. The first-order valence-corrected chi connectivity index (χ1v) is 8.51. The molecule has 2 heterocycles. The Morgan fingerprint density at radius 3 is 2.76 bits per heavy atom. The number of aromatic nitrogens is 1. The van der Waals surface area contributed by atoms with E-state index in [0.717, 1.165) is 37.7 Å². The van der Waals surface area contributed by atoms with E-state index in [2.05, 4.69) is 66.7 Å². The Morgan fingerprint density at radius 2 is 2.10 bits per heavy atom. The van der Waals surface area contributed by atoms with Gasteiger partial charge in [0.25, 0.3) is 0 Å². The Kier molecular flexibility index (Phi) is 6.21. The van der Waals surface area contributed by atoms with Crippen molar-refractivity contribution in [3.05, 3.63) is 46.3 Å². The highest BCUT2D eigenvalue weighted by atomic mass is 32.1. The Labute approximate surface area is 132 Å². The molecule has 2 aromatic rings. The first-order valence-electron chi connectivity index (χ1n) is 7.63. The molecule has 0 aliphatic carbocycles. The molecule has 0 amide bonds. The highest BCUT2D eigenvalue weighted by Crippen LogP contribution is 2.17. The van der Waals surface area contributed by atoms with Gasteiger partial charge in [0.05, 0.1) is 12.2 Å². The van der Waals surface area contributed by atoms with Gasteiger partial charge in [-0.05, 0) is 43.0 Å². The summed E-state index contributed by atoms with van der Waals surface area (Å²) < 4.78 is 0. The Bertz CT molecular complexity index is 523. The van der Waals surface area contributed by atoms with E-state index in [1.807, 2.05) is 0 Å². The van der Waals surface area contributed by atoms with Gasteiger partial charge in [-0.1, -0.05) is 26.0 Å². The summed E-state index contributed by atoms with van der Waals surface area (Å²) in [7, 11) is 0. The van der Waals surface area contributed by atoms with E-state index in [1.54, 1.807) is 11.3 Å². The molecule has 2 aromatic heterocycles. The molecule has 0 radical (unpaired) electrons. The monoisotopic (exact) mass is 303 g/mol. The average molecular weight is 303 g/mol. The number of hydrogen-bond donors (Lipinski definition) is 1. The second kappa shape index (κ2) is 8.15. The summed E-state index contributed by atoms with van der Waals surface area (Å²) in [5.41, 5.74) is 1.11. The van der Waals surface area contributed by atoms with Crippen LogP contribution in [0.4, 0.5) is 5.82 Å². The second-order valence-corrected chi connectivity index (χ2v) is 6.64. The van der Waals surface area contributed by atoms with Crippen molar-refractivity contribution in [2.24, 2.45) is 5.92 Å². The van der Waals surface area contributed by atoms with Crippen molar-refractivity contribution >= 4 is 17.2 Å². The molecule has 0 unspecified atom stereocenters. The van der Waals surface area contributed by atoms with Crippen molar-refractivity contribution in [1.29, 1.82) is 0 Å². The highest BCUT2D eigenvalue weighted by Gasteiger charge is 2.08. The third-order valence-corrected chi connectivity index (χ3v) is 4.14. The van der Waals surface area contributed by atoms with Crippen LogP contribution in [-0.2, 0) is 13.1 Å². The minimum Gasteiger partial charge on any atom is -0.352 e. The van der Waals surface area contributed by atoms with Crippen molar-refractivity contribution in [3.8, 4) is 0 Å². The van der Waals surface area contributed by atoms with E-state index in [1.165, 1.54) is 4.88 Å². The van der Waals surface area contributed by atoms with Crippen molar-refractivity contribution in [3.63, 3.8) is 0 Å². The first kappa shape index (κ1) is 16.0. The SMILES string of the molecule is CCN(Cc1cccs1)c1cccc(CNCC(C)C)n1. The fraction of sp³-hybridized carbons (Fsp3) is 0.471. The molecule has 0 aliphatic rings. The molecule has 0 aromatic carbocycles. The van der Waals surface area contributed by atoms with Gasteiger partial charge >= 0.3 is 0 Å². The molecule has 0 aliphatic heterocycles. The third kappa shape index (κ3) is 5.14. The Hall–Kier alpha value is -1.39. The quantitative estimate of drug-likeness (QED) is 0.801. The van der Waals surface area contributed by atoms with Crippen molar-refractivity contribution < 1.29 is 0 Å². The van der Waals surface area contributed by atoms with Gasteiger partial charge in [0.15, 0.2) is 0 Å². The lowest BCUT2D eigenvalue weighted by molar-refractivity contribution is 0.548. The standard InChI is InChI=1S/C17H25N3S/c1-4-20(13-16-8-6-10-21-16)17-9-5-7-15(19-17)12-18-11-14(2)3/h5-10,14,18H,4,11-13H2,1-3H3. The summed E-state index contributed by atoms with van der Waals surface area (Å²) in [5, 5.41) is 5.58. The molecular weight excluding hydrogens is 278 g/mol. The predicted octanol–water partition coefficient (Wildman–Crippen LogP) is 3.92. The van der Waals surface area contributed by atoms with E-state index >= 15 is 0 Å². The molecule has 0 saturated carbocycles. The van der Waals surface area contributed by atoms with Crippen LogP contribution in [0.3, 0.4) is 0 Å². The van der Waals surface area contributed by atoms with Crippen molar-refractivity contribution in [2.45, 2.75) is 33.9 Å². The van der Waals surface area contributed by atoms with E-state index in [0.29, 0.717) is 5.92 Å². The summed E-state index contributed by atoms with van der Waals surface area (Å²) in [6, 6.07) is 10.6. The van der Waals surface area contributed by atoms with Crippen molar-refractivity contribution in [2.75, 3.05) is 18.0 Å². The molecule has 0 bridgehead atoms. The fourth-order valence-corrected chi connectivity index (χ4v) is 2.90. The fourth-order valence-electron chi connectivity index (χ4n) is 2.18. The molecule has 4 heteroatoms. The average Bonchev–Trinajstić information content (AvgIpc) is 2.97. The molecule has 0 spiro atoms. The zero-order chi connectivity index (χ0) is 15.1. The number of anilines is 1. The molecule has 3 nitrogen and oxygen atoms in total. The van der Waals surface area contributed by atoms with Crippen LogP contribution < -0.4 is 10.2 Å². The van der Waals surface area contributed by atoms with Crippen LogP contribution in [0.2, 0.25) is 0 Å². The van der Waals surface area contributed by atoms with Gasteiger partial charge in [-0.3, -0.25) is 0 Å². The smallest absolute Gasteiger partial charge is 0.129 e. The van der Waals surface area contributed by atoms with Crippen LogP contribution >= 0.6 is 11.3 Å². The van der Waals surface area contributed by atoms with Crippen LogP contribution in [0.5, 0.6) is 0 Å². The van der Waals surface area contributed by atoms with E-state index in [9.17, 15) is 0 Å². The van der Waals surface area contributed by atoms with Gasteiger partial charge in [0.2, 0.25) is 0 Å². The number of rotatable bonds is 8. The third-order valence-electron chi connectivity index (χ3n) is 3.28. The predicted molar refractivity (Wildman–Crippen MR) is 91.8 cm³/mol. The maximum absolute atomic E-state index is 4.79. The normalized spacial score (nSPS) is 11.0. The largest absolute Gasteiger partial charge is 0.352 e. The molecule has 1 N–H and O–H groups in total. The van der Waals surface area contributed by atoms with E-state index in [-0.39, 0.29) is 0 Å². The van der Waals surface area contributed by atoms with E-state index in [4.69, 9.17) is 4.98 Å². The lowest BCUT2D eigenvalue weighted by Crippen LogP contribution is -2.24. The molecule has 21 heavy (non-hydrogen) atoms. The first-order chi connectivity index (χ1) is 10.2. The van der Waals surface area contributed by atoms with Crippen LogP contribution in [0.15, 0.2) is 35.7 Å². The van der Waals surface area contributed by atoms with Gasteiger partial charge < -0.3 is 10.2 Å². The van der Waals surface area contributed by atoms with Gasteiger partial charge in [-0.15, -0.1) is 11.3 Å². The molecular formula is C17H25N3S. The van der Waals surface area contributed by atoms with Gasteiger partial charge in [0, 0.05) is 18.0 Å². The minimum atomic E-state index is 0.666. The van der Waals surface area contributed by atoms with Crippen LogP contribution in [0.25, 0.3) is 0 Å². The lowest BCUT2D eigenvalue weighted by Gasteiger charge is -2.22. The lowest BCUT2D eigenvalue weighted by atomic mass is 10.2. The summed E-state index contributed by atoms with van der Waals surface area (Å²) in [6.07, 6.45) is 0. The van der Waals surface area contributed by atoms with Crippen LogP contribution in [-0.4, -0.2) is 18.1 Å². The summed E-state index contributed by atoms with van der Waals surface area (Å²) >= 11 is 1.80. The van der Waals surface area contributed by atoms with Crippen LogP contribution in [0, 0.1) is 5.92 Å². The van der Waals surface area contributed by atoms with Crippen LogP contribution in [0.1, 0.15) is 31.3 Å². The van der Waals surface area contributed by atoms with Crippen molar-refractivity contribution in [1.82, 2.24) is 10.3 Å². The summed E-state index contributed by atoms with van der Waals surface area (Å²) in [5.74, 6) is 1.73. The number of hydrogen-bond acceptors (Lipinski definition) is 4.